The molecule has 110 valence electrons. The second-order valence-electron chi connectivity index (χ2n) is 4.20. The van der Waals surface area contributed by atoms with Gasteiger partial charge in [0, 0.05) is 6.07 Å². The molecule has 21 heavy (non-hydrogen) atoms. The summed E-state index contributed by atoms with van der Waals surface area (Å²) in [5.74, 6) is -3.34. The number of nitrogen functional groups attached to an aromatic ring is 1. The molecule has 2 aromatic rings. The van der Waals surface area contributed by atoms with Gasteiger partial charge >= 0.3 is 5.97 Å². The third kappa shape index (κ3) is 3.25. The van der Waals surface area contributed by atoms with Crippen molar-refractivity contribution < 1.29 is 18.3 Å². The maximum Gasteiger partial charge on any atom is 0.333 e. The maximum absolute atomic E-state index is 13.7. The summed E-state index contributed by atoms with van der Waals surface area (Å²) in [6.45, 7) is 0. The second kappa shape index (κ2) is 6.17. The molecule has 0 bridgehead atoms. The van der Waals surface area contributed by atoms with Gasteiger partial charge in [0.2, 0.25) is 0 Å². The molecule has 1 heterocycles. The van der Waals surface area contributed by atoms with Gasteiger partial charge in [0.15, 0.2) is 29.3 Å². The number of nitrogens with zero attached hydrogens (tertiary/aromatic N) is 1. The number of nitrogens with two attached hydrogens (primary N) is 1. The number of carbonyl (C=O) groups is 1. The third-order valence-electron chi connectivity index (χ3n) is 2.81. The Morgan fingerprint density at radius 1 is 1.29 bits per heavy atom. The fourth-order valence-corrected chi connectivity index (χ4v) is 1.76. The van der Waals surface area contributed by atoms with Crippen molar-refractivity contribution in [2.24, 2.45) is 0 Å². The van der Waals surface area contributed by atoms with E-state index in [0.717, 1.165) is 0 Å². The molecular weight excluding hydrogens is 280 g/mol. The Balaban J connectivity index is 2.36. The van der Waals surface area contributed by atoms with Crippen molar-refractivity contribution in [3.63, 3.8) is 0 Å². The van der Waals surface area contributed by atoms with Gasteiger partial charge < -0.3 is 15.8 Å². The van der Waals surface area contributed by atoms with Crippen molar-refractivity contribution in [2.75, 3.05) is 18.2 Å². The van der Waals surface area contributed by atoms with E-state index in [0.29, 0.717) is 11.6 Å². The van der Waals surface area contributed by atoms with E-state index in [1.54, 1.807) is 30.3 Å². The van der Waals surface area contributed by atoms with E-state index in [9.17, 15) is 13.6 Å². The van der Waals surface area contributed by atoms with Gasteiger partial charge in [-0.3, -0.25) is 0 Å². The van der Waals surface area contributed by atoms with E-state index in [-0.39, 0.29) is 5.82 Å². The number of carbonyl (C=O) groups excluding carboxylic acids is 1. The first-order valence-electron chi connectivity index (χ1n) is 6.03. The minimum Gasteiger partial charge on any atom is -0.467 e. The fourth-order valence-electron chi connectivity index (χ4n) is 1.76. The highest BCUT2D eigenvalue weighted by atomic mass is 19.1. The minimum absolute atomic E-state index is 0.326. The van der Waals surface area contributed by atoms with Gasteiger partial charge in [0.25, 0.3) is 0 Å². The molecule has 2 rings (SSSR count). The lowest BCUT2D eigenvalue weighted by molar-refractivity contribution is -0.141. The predicted octanol–water partition coefficient (Wildman–Crippen LogP) is 2.27. The van der Waals surface area contributed by atoms with E-state index in [1.807, 2.05) is 0 Å². The number of esters is 1. The molecular formula is C14H13F2N3O2. The summed E-state index contributed by atoms with van der Waals surface area (Å²) in [5, 5.41) is 2.58. The van der Waals surface area contributed by atoms with Gasteiger partial charge in [-0.15, -0.1) is 0 Å². The molecule has 0 aliphatic carbocycles. The lowest BCUT2D eigenvalue weighted by Gasteiger charge is -2.18. The smallest absolute Gasteiger partial charge is 0.333 e. The van der Waals surface area contributed by atoms with Crippen LogP contribution in [0.2, 0.25) is 0 Å². The van der Waals surface area contributed by atoms with Crippen LogP contribution in [0, 0.1) is 11.6 Å². The number of benzene rings is 1. The molecule has 0 saturated carbocycles. The highest BCUT2D eigenvalue weighted by Crippen LogP contribution is 2.23. The summed E-state index contributed by atoms with van der Waals surface area (Å²) < 4.78 is 31.5. The number of ether oxygens (including phenoxy) is 1. The van der Waals surface area contributed by atoms with Gasteiger partial charge in [0.05, 0.1) is 7.11 Å². The zero-order valence-electron chi connectivity index (χ0n) is 11.1. The molecule has 0 aliphatic rings. The first kappa shape index (κ1) is 14.7. The van der Waals surface area contributed by atoms with Crippen LogP contribution in [0.1, 0.15) is 11.6 Å². The van der Waals surface area contributed by atoms with Crippen LogP contribution in [0.3, 0.4) is 0 Å². The van der Waals surface area contributed by atoms with Crippen molar-refractivity contribution in [1.29, 1.82) is 0 Å². The largest absolute Gasteiger partial charge is 0.467 e. The van der Waals surface area contributed by atoms with Crippen LogP contribution in [0.5, 0.6) is 0 Å². The van der Waals surface area contributed by atoms with Crippen molar-refractivity contribution in [2.45, 2.75) is 6.04 Å². The molecule has 1 aromatic carbocycles. The molecule has 0 radical (unpaired) electrons. The molecule has 1 atom stereocenters. The maximum atomic E-state index is 13.7. The number of halogens is 2. The topological polar surface area (TPSA) is 77.2 Å². The van der Waals surface area contributed by atoms with Crippen molar-refractivity contribution >= 4 is 17.6 Å². The lowest BCUT2D eigenvalue weighted by Crippen LogP contribution is -2.23. The summed E-state index contributed by atoms with van der Waals surface area (Å²) in [6.07, 6.45) is 0. The van der Waals surface area contributed by atoms with Crippen LogP contribution < -0.4 is 11.1 Å². The van der Waals surface area contributed by atoms with E-state index in [4.69, 9.17) is 5.73 Å². The zero-order valence-corrected chi connectivity index (χ0v) is 11.1. The highest BCUT2D eigenvalue weighted by molar-refractivity contribution is 5.80. The Kier molecular flexibility index (Phi) is 4.32. The molecule has 0 saturated heterocycles. The number of anilines is 2. The first-order chi connectivity index (χ1) is 10.0. The zero-order chi connectivity index (χ0) is 15.4. The van der Waals surface area contributed by atoms with Crippen LogP contribution in [0.15, 0.2) is 36.4 Å². The minimum atomic E-state index is -0.983. The van der Waals surface area contributed by atoms with E-state index in [2.05, 4.69) is 15.0 Å². The summed E-state index contributed by atoms with van der Waals surface area (Å²) in [5.41, 5.74) is 5.85. The number of hydrogen-bond acceptors (Lipinski definition) is 5. The molecule has 0 aliphatic heterocycles. The second-order valence-corrected chi connectivity index (χ2v) is 4.20. The van der Waals surface area contributed by atoms with Crippen LogP contribution in [-0.4, -0.2) is 18.1 Å². The Morgan fingerprint density at radius 3 is 2.57 bits per heavy atom. The van der Waals surface area contributed by atoms with Crippen molar-refractivity contribution in [3.8, 4) is 0 Å². The average Bonchev–Trinajstić information content (AvgIpc) is 2.49. The number of hydrogen-bond donors (Lipinski definition) is 2. The van der Waals surface area contributed by atoms with Gasteiger partial charge in [-0.1, -0.05) is 30.3 Å². The van der Waals surface area contributed by atoms with Gasteiger partial charge in [0.1, 0.15) is 0 Å². The third-order valence-corrected chi connectivity index (χ3v) is 2.81. The van der Waals surface area contributed by atoms with Gasteiger partial charge in [-0.2, -0.15) is 0 Å². The number of methoxy groups -OCH3 is 1. The summed E-state index contributed by atoms with van der Waals surface area (Å²) >= 11 is 0. The van der Waals surface area contributed by atoms with Crippen LogP contribution in [0.4, 0.5) is 20.4 Å². The van der Waals surface area contributed by atoms with Crippen molar-refractivity contribution in [3.05, 3.63) is 53.6 Å². The Labute approximate surface area is 119 Å². The SMILES string of the molecule is COC(=O)C(Nc1nc(N)c(F)cc1F)c1ccccc1. The molecule has 0 spiro atoms. The Hall–Kier alpha value is -2.70. The standard InChI is InChI=1S/C14H13F2N3O2/c1-21-14(20)11(8-5-3-2-4-6-8)18-13-10(16)7-9(15)12(17)19-13/h2-7,11H,1H3,(H3,17,18,19). The van der Waals surface area contributed by atoms with E-state index < -0.39 is 29.5 Å². The summed E-state index contributed by atoms with van der Waals surface area (Å²) in [4.78, 5) is 15.4. The van der Waals surface area contributed by atoms with Crippen LogP contribution in [-0.2, 0) is 9.53 Å². The Morgan fingerprint density at radius 2 is 1.95 bits per heavy atom. The molecule has 1 unspecified atom stereocenters. The number of aromatic nitrogens is 1. The quantitative estimate of drug-likeness (QED) is 0.846. The first-order valence-corrected chi connectivity index (χ1v) is 6.03. The Bertz CT molecular complexity index is 650. The average molecular weight is 293 g/mol. The number of rotatable bonds is 4. The van der Waals surface area contributed by atoms with Crippen LogP contribution in [0.25, 0.3) is 0 Å². The van der Waals surface area contributed by atoms with Gasteiger partial charge in [-0.25, -0.2) is 18.6 Å². The van der Waals surface area contributed by atoms with Gasteiger partial charge in [-0.05, 0) is 5.56 Å². The number of nitrogens with one attached hydrogen (secondary N) is 1. The summed E-state index contributed by atoms with van der Waals surface area (Å²) in [7, 11) is 1.21. The van der Waals surface area contributed by atoms with E-state index >= 15 is 0 Å². The van der Waals surface area contributed by atoms with Crippen LogP contribution >= 0.6 is 0 Å². The van der Waals surface area contributed by atoms with Crippen molar-refractivity contribution in [1.82, 2.24) is 4.98 Å². The monoisotopic (exact) mass is 293 g/mol. The molecule has 3 N–H and O–H groups in total. The summed E-state index contributed by atoms with van der Waals surface area (Å²) in [6, 6.07) is 8.16. The molecule has 0 fully saturated rings. The number of pyridine rings is 1. The molecule has 1 aromatic heterocycles. The highest BCUT2D eigenvalue weighted by Gasteiger charge is 2.23. The normalized spacial score (nSPS) is 11.8. The predicted molar refractivity (Wildman–Crippen MR) is 73.4 cm³/mol. The molecule has 7 heteroatoms. The molecule has 5 nitrogen and oxygen atoms in total. The fraction of sp³-hybridized carbons (Fsp3) is 0.143. The van der Waals surface area contributed by atoms with E-state index in [1.165, 1.54) is 7.11 Å². The lowest BCUT2D eigenvalue weighted by atomic mass is 10.1. The molecule has 0 amide bonds.